The normalized spacial score (nSPS) is 14.9. The van der Waals surface area contributed by atoms with Gasteiger partial charge in [0.2, 0.25) is 10.0 Å². The van der Waals surface area contributed by atoms with E-state index in [-0.39, 0.29) is 17.4 Å². The second-order valence-corrected chi connectivity index (χ2v) is 8.35. The summed E-state index contributed by atoms with van der Waals surface area (Å²) in [7, 11) is -2.28. The Balaban J connectivity index is 1.73. The monoisotopic (exact) mass is 402 g/mol. The smallest absolute Gasteiger partial charge is 0.307 e. The van der Waals surface area contributed by atoms with Gasteiger partial charge in [-0.05, 0) is 42.7 Å². The minimum atomic E-state index is -3.57. The van der Waals surface area contributed by atoms with Crippen molar-refractivity contribution in [1.29, 1.82) is 0 Å². The van der Waals surface area contributed by atoms with Gasteiger partial charge in [-0.1, -0.05) is 30.3 Å². The van der Waals surface area contributed by atoms with Crippen LogP contribution in [-0.4, -0.2) is 33.4 Å². The number of ether oxygens (including phenoxy) is 1. The van der Waals surface area contributed by atoms with Crippen LogP contribution in [0.15, 0.2) is 59.5 Å². The summed E-state index contributed by atoms with van der Waals surface area (Å²) >= 11 is 0. The van der Waals surface area contributed by atoms with Crippen molar-refractivity contribution in [2.24, 2.45) is 0 Å². The van der Waals surface area contributed by atoms with Crippen molar-refractivity contribution in [3.05, 3.63) is 65.7 Å². The van der Waals surface area contributed by atoms with Crippen LogP contribution in [0.4, 0.5) is 0 Å². The van der Waals surface area contributed by atoms with Crippen LogP contribution in [0.1, 0.15) is 41.2 Å². The molecule has 2 N–H and O–H groups in total. The van der Waals surface area contributed by atoms with Crippen molar-refractivity contribution in [2.45, 2.75) is 36.2 Å². The molecule has 8 heteroatoms. The summed E-state index contributed by atoms with van der Waals surface area (Å²) in [5, 5.41) is 2.81. The molecule has 0 unspecified atom stereocenters. The van der Waals surface area contributed by atoms with Crippen molar-refractivity contribution in [3.8, 4) is 0 Å². The van der Waals surface area contributed by atoms with Gasteiger partial charge in [0.15, 0.2) is 0 Å². The van der Waals surface area contributed by atoms with Gasteiger partial charge in [0.1, 0.15) is 0 Å². The van der Waals surface area contributed by atoms with E-state index < -0.39 is 27.9 Å². The average molecular weight is 402 g/mol. The molecule has 0 radical (unpaired) electrons. The molecular formula is C20H22N2O5S. The number of hydrogen-bond donors (Lipinski definition) is 2. The third-order valence-corrected chi connectivity index (χ3v) is 5.97. The number of carbonyl (C=O) groups excluding carboxylic acids is 2. The first-order valence-electron chi connectivity index (χ1n) is 8.94. The lowest BCUT2D eigenvalue weighted by Crippen LogP contribution is -2.30. The predicted octanol–water partition coefficient (Wildman–Crippen LogP) is 2.16. The first-order valence-corrected chi connectivity index (χ1v) is 10.4. The molecule has 7 nitrogen and oxygen atoms in total. The molecule has 0 bridgehead atoms. The van der Waals surface area contributed by atoms with Crippen LogP contribution in [0.3, 0.4) is 0 Å². The molecule has 0 aliphatic heterocycles. The Labute approximate surface area is 164 Å². The molecule has 2 aromatic carbocycles. The van der Waals surface area contributed by atoms with Gasteiger partial charge in [-0.3, -0.25) is 9.59 Å². The number of benzene rings is 2. The standard InChI is InChI=1S/C20H22N2O5S/c1-27-19(23)13-18(14-5-3-2-4-6-14)21-20(24)15-7-11-17(12-8-15)28(25,26)22-16-9-10-16/h2-8,11-12,16,18,22H,9-10,13H2,1H3,(H,21,24)/t18-/m1/s1. The van der Waals surface area contributed by atoms with E-state index in [9.17, 15) is 18.0 Å². The highest BCUT2D eigenvalue weighted by Gasteiger charge is 2.28. The van der Waals surface area contributed by atoms with Gasteiger partial charge in [0, 0.05) is 11.6 Å². The lowest BCUT2D eigenvalue weighted by atomic mass is 10.0. The zero-order valence-corrected chi connectivity index (χ0v) is 16.2. The van der Waals surface area contributed by atoms with E-state index in [0.29, 0.717) is 5.56 Å². The summed E-state index contributed by atoms with van der Waals surface area (Å²) in [6, 6.07) is 14.3. The lowest BCUT2D eigenvalue weighted by molar-refractivity contribution is -0.141. The minimum absolute atomic E-state index is 0.00990. The molecule has 1 fully saturated rings. The van der Waals surface area contributed by atoms with E-state index in [0.717, 1.165) is 18.4 Å². The number of carbonyl (C=O) groups is 2. The summed E-state index contributed by atoms with van der Waals surface area (Å²) in [4.78, 5) is 24.4. The zero-order chi connectivity index (χ0) is 20.1. The second kappa shape index (κ2) is 8.53. The quantitative estimate of drug-likeness (QED) is 0.659. The molecule has 0 spiro atoms. The Morgan fingerprint density at radius 3 is 2.29 bits per heavy atom. The SMILES string of the molecule is COC(=O)C[C@@H](NC(=O)c1ccc(S(=O)(=O)NC2CC2)cc1)c1ccccc1. The van der Waals surface area contributed by atoms with Gasteiger partial charge in [0.25, 0.3) is 5.91 Å². The molecule has 28 heavy (non-hydrogen) atoms. The molecule has 1 aliphatic rings. The van der Waals surface area contributed by atoms with Gasteiger partial charge < -0.3 is 10.1 Å². The fourth-order valence-electron chi connectivity index (χ4n) is 2.70. The Hall–Kier alpha value is -2.71. The maximum Gasteiger partial charge on any atom is 0.307 e. The number of nitrogens with one attached hydrogen (secondary N) is 2. The van der Waals surface area contributed by atoms with E-state index in [1.165, 1.54) is 31.4 Å². The predicted molar refractivity (Wildman–Crippen MR) is 103 cm³/mol. The van der Waals surface area contributed by atoms with Crippen LogP contribution in [0.5, 0.6) is 0 Å². The van der Waals surface area contributed by atoms with Crippen LogP contribution in [-0.2, 0) is 19.6 Å². The van der Waals surface area contributed by atoms with Gasteiger partial charge >= 0.3 is 5.97 Å². The first-order chi connectivity index (χ1) is 13.4. The van der Waals surface area contributed by atoms with Crippen molar-refractivity contribution >= 4 is 21.9 Å². The molecule has 148 valence electrons. The van der Waals surface area contributed by atoms with Crippen molar-refractivity contribution in [3.63, 3.8) is 0 Å². The molecule has 1 amide bonds. The zero-order valence-electron chi connectivity index (χ0n) is 15.4. The highest BCUT2D eigenvalue weighted by Crippen LogP contribution is 2.23. The summed E-state index contributed by atoms with van der Waals surface area (Å²) in [5.41, 5.74) is 1.07. The van der Waals surface area contributed by atoms with Crippen LogP contribution < -0.4 is 10.0 Å². The van der Waals surface area contributed by atoms with Crippen LogP contribution in [0.2, 0.25) is 0 Å². The third kappa shape index (κ3) is 5.17. The Kier molecular flexibility index (Phi) is 6.11. The van der Waals surface area contributed by atoms with E-state index in [4.69, 9.17) is 4.74 Å². The summed E-state index contributed by atoms with van der Waals surface area (Å²) in [6.07, 6.45) is 1.69. The average Bonchev–Trinajstić information content (AvgIpc) is 3.51. The first kappa shape index (κ1) is 20.0. The maximum absolute atomic E-state index is 12.6. The van der Waals surface area contributed by atoms with Gasteiger partial charge in [-0.2, -0.15) is 0 Å². The van der Waals surface area contributed by atoms with E-state index >= 15 is 0 Å². The Morgan fingerprint density at radius 2 is 1.71 bits per heavy atom. The lowest BCUT2D eigenvalue weighted by Gasteiger charge is -2.18. The molecule has 1 atom stereocenters. The van der Waals surface area contributed by atoms with E-state index in [2.05, 4.69) is 10.0 Å². The Morgan fingerprint density at radius 1 is 1.07 bits per heavy atom. The third-order valence-electron chi connectivity index (χ3n) is 4.43. The molecule has 2 aromatic rings. The largest absolute Gasteiger partial charge is 0.469 e. The van der Waals surface area contributed by atoms with Crippen LogP contribution >= 0.6 is 0 Å². The molecule has 0 aromatic heterocycles. The van der Waals surface area contributed by atoms with Gasteiger partial charge in [0.05, 0.1) is 24.5 Å². The molecule has 1 aliphatic carbocycles. The summed E-state index contributed by atoms with van der Waals surface area (Å²) < 4.78 is 31.7. The minimum Gasteiger partial charge on any atom is -0.469 e. The number of hydrogen-bond acceptors (Lipinski definition) is 5. The van der Waals surface area contributed by atoms with Gasteiger partial charge in [-0.25, -0.2) is 13.1 Å². The van der Waals surface area contributed by atoms with Crippen molar-refractivity contribution in [1.82, 2.24) is 10.0 Å². The number of methoxy groups -OCH3 is 1. The maximum atomic E-state index is 12.6. The van der Waals surface area contributed by atoms with Crippen LogP contribution in [0, 0.1) is 0 Å². The number of amides is 1. The highest BCUT2D eigenvalue weighted by molar-refractivity contribution is 7.89. The summed E-state index contributed by atoms with van der Waals surface area (Å²) in [5.74, 6) is -0.849. The highest BCUT2D eigenvalue weighted by atomic mass is 32.2. The number of rotatable bonds is 8. The molecule has 0 heterocycles. The topological polar surface area (TPSA) is 102 Å². The molecule has 0 saturated heterocycles. The van der Waals surface area contributed by atoms with Gasteiger partial charge in [-0.15, -0.1) is 0 Å². The Bertz CT molecular complexity index is 938. The van der Waals surface area contributed by atoms with Crippen LogP contribution in [0.25, 0.3) is 0 Å². The molecule has 1 saturated carbocycles. The van der Waals surface area contributed by atoms with Crippen molar-refractivity contribution < 1.29 is 22.7 Å². The molecule has 3 rings (SSSR count). The fourth-order valence-corrected chi connectivity index (χ4v) is 4.01. The second-order valence-electron chi connectivity index (χ2n) is 6.64. The van der Waals surface area contributed by atoms with Crippen molar-refractivity contribution in [2.75, 3.05) is 7.11 Å². The summed E-state index contributed by atoms with van der Waals surface area (Å²) in [6.45, 7) is 0. The van der Waals surface area contributed by atoms with E-state index in [1.54, 1.807) is 0 Å². The fraction of sp³-hybridized carbons (Fsp3) is 0.300. The number of esters is 1. The van der Waals surface area contributed by atoms with E-state index in [1.807, 2.05) is 30.3 Å². The molecular weight excluding hydrogens is 380 g/mol. The number of sulfonamides is 1.